The molecule has 2 rings (SSSR count). The predicted octanol–water partition coefficient (Wildman–Crippen LogP) is 4.84. The Kier molecular flexibility index (Phi) is 7.60. The number of anilines is 1. The molecule has 0 aliphatic rings. The molecular formula is C21H19ClN2O3. The lowest BCUT2D eigenvalue weighted by atomic mass is 10.1. The molecule has 0 saturated carbocycles. The first-order chi connectivity index (χ1) is 13.0. The first-order valence-electron chi connectivity index (χ1n) is 8.49. The number of hydrogen-bond acceptors (Lipinski definition) is 4. The van der Waals surface area contributed by atoms with Gasteiger partial charge < -0.3 is 10.1 Å². The molecule has 6 heteroatoms. The quantitative estimate of drug-likeness (QED) is 0.321. The first kappa shape index (κ1) is 20.2. The van der Waals surface area contributed by atoms with Gasteiger partial charge in [-0.05, 0) is 54.5 Å². The van der Waals surface area contributed by atoms with Gasteiger partial charge in [-0.15, -0.1) is 0 Å². The van der Waals surface area contributed by atoms with Crippen LogP contribution in [0.4, 0.5) is 5.69 Å². The van der Waals surface area contributed by atoms with Crippen molar-refractivity contribution < 1.29 is 14.3 Å². The molecular weight excluding hydrogens is 364 g/mol. The Labute approximate surface area is 163 Å². The molecule has 0 heterocycles. The van der Waals surface area contributed by atoms with E-state index in [-0.39, 0.29) is 5.57 Å². The number of nitrogens with one attached hydrogen (secondary N) is 1. The fourth-order valence-electron chi connectivity index (χ4n) is 2.15. The number of amides is 1. The minimum absolute atomic E-state index is 0.0413. The van der Waals surface area contributed by atoms with Crippen molar-refractivity contribution in [2.45, 2.75) is 19.8 Å². The number of hydrogen-bond donors (Lipinski definition) is 1. The largest absolute Gasteiger partial charge is 0.462 e. The standard InChI is InChI=1S/C21H19ClN2O3/c1-2-3-12-27-21(26)16-6-10-19(11-7-16)24-20(25)17(14-23)13-15-4-8-18(22)9-5-15/h4-11,13H,2-3,12H2,1H3,(H,24,25)/b17-13+. The summed E-state index contributed by atoms with van der Waals surface area (Å²) in [6.07, 6.45) is 3.24. The van der Waals surface area contributed by atoms with E-state index in [1.807, 2.05) is 13.0 Å². The van der Waals surface area contributed by atoms with Crippen LogP contribution in [0.2, 0.25) is 5.02 Å². The van der Waals surface area contributed by atoms with Crippen molar-refractivity contribution in [1.29, 1.82) is 5.26 Å². The van der Waals surface area contributed by atoms with Crippen LogP contribution in [0.15, 0.2) is 54.1 Å². The molecule has 0 bridgehead atoms. The summed E-state index contributed by atoms with van der Waals surface area (Å²) in [4.78, 5) is 24.2. The van der Waals surface area contributed by atoms with E-state index >= 15 is 0 Å². The summed E-state index contributed by atoms with van der Waals surface area (Å²) >= 11 is 5.82. The Morgan fingerprint density at radius 1 is 1.15 bits per heavy atom. The van der Waals surface area contributed by atoms with E-state index in [1.54, 1.807) is 48.5 Å². The van der Waals surface area contributed by atoms with E-state index in [2.05, 4.69) is 5.32 Å². The van der Waals surface area contributed by atoms with Crippen LogP contribution in [-0.2, 0) is 9.53 Å². The number of carbonyl (C=O) groups excluding carboxylic acids is 2. The van der Waals surface area contributed by atoms with Crippen LogP contribution in [0.3, 0.4) is 0 Å². The molecule has 1 N–H and O–H groups in total. The van der Waals surface area contributed by atoms with Gasteiger partial charge in [0.15, 0.2) is 0 Å². The van der Waals surface area contributed by atoms with E-state index in [0.717, 1.165) is 12.8 Å². The molecule has 2 aromatic rings. The number of unbranched alkanes of at least 4 members (excludes halogenated alkanes) is 1. The SMILES string of the molecule is CCCCOC(=O)c1ccc(NC(=O)/C(C#N)=C/c2ccc(Cl)cc2)cc1. The first-order valence-corrected chi connectivity index (χ1v) is 8.87. The number of rotatable bonds is 7. The lowest BCUT2D eigenvalue weighted by Gasteiger charge is -2.07. The van der Waals surface area contributed by atoms with Crippen LogP contribution in [-0.4, -0.2) is 18.5 Å². The van der Waals surface area contributed by atoms with Crippen molar-refractivity contribution in [2.24, 2.45) is 0 Å². The van der Waals surface area contributed by atoms with Crippen LogP contribution >= 0.6 is 11.6 Å². The zero-order chi connectivity index (χ0) is 19.6. The second kappa shape index (κ2) is 10.1. The maximum atomic E-state index is 12.3. The molecule has 5 nitrogen and oxygen atoms in total. The topological polar surface area (TPSA) is 79.2 Å². The summed E-state index contributed by atoms with van der Waals surface area (Å²) in [6, 6.07) is 15.0. The van der Waals surface area contributed by atoms with Gasteiger partial charge in [0, 0.05) is 10.7 Å². The third-order valence-corrected chi connectivity index (χ3v) is 3.91. The summed E-state index contributed by atoms with van der Waals surface area (Å²) < 4.78 is 5.13. The fourth-order valence-corrected chi connectivity index (χ4v) is 2.28. The molecule has 0 aromatic heterocycles. The molecule has 0 spiro atoms. The maximum Gasteiger partial charge on any atom is 0.338 e. The van der Waals surface area contributed by atoms with Gasteiger partial charge in [-0.3, -0.25) is 4.79 Å². The summed E-state index contributed by atoms with van der Waals surface area (Å²) in [6.45, 7) is 2.40. The van der Waals surface area contributed by atoms with Gasteiger partial charge in [0.25, 0.3) is 5.91 Å². The van der Waals surface area contributed by atoms with E-state index < -0.39 is 11.9 Å². The molecule has 0 aliphatic heterocycles. The molecule has 0 aliphatic carbocycles. The molecule has 138 valence electrons. The van der Waals surface area contributed by atoms with Crippen LogP contribution in [0, 0.1) is 11.3 Å². The van der Waals surface area contributed by atoms with Gasteiger partial charge in [-0.25, -0.2) is 4.79 Å². The van der Waals surface area contributed by atoms with Crippen molar-refractivity contribution in [3.8, 4) is 6.07 Å². The lowest BCUT2D eigenvalue weighted by molar-refractivity contribution is -0.112. The second-order valence-electron chi connectivity index (χ2n) is 5.74. The minimum Gasteiger partial charge on any atom is -0.462 e. The van der Waals surface area contributed by atoms with Crippen molar-refractivity contribution in [1.82, 2.24) is 0 Å². The van der Waals surface area contributed by atoms with Crippen LogP contribution < -0.4 is 5.32 Å². The van der Waals surface area contributed by atoms with Crippen molar-refractivity contribution in [2.75, 3.05) is 11.9 Å². The zero-order valence-electron chi connectivity index (χ0n) is 14.9. The number of nitrogens with zero attached hydrogens (tertiary/aromatic N) is 1. The average Bonchev–Trinajstić information content (AvgIpc) is 2.68. The number of nitriles is 1. The van der Waals surface area contributed by atoms with Crippen LogP contribution in [0.25, 0.3) is 6.08 Å². The Bertz CT molecular complexity index is 866. The summed E-state index contributed by atoms with van der Waals surface area (Å²) in [7, 11) is 0. The van der Waals surface area contributed by atoms with E-state index in [0.29, 0.717) is 28.4 Å². The summed E-state index contributed by atoms with van der Waals surface area (Å²) in [5.74, 6) is -0.938. The van der Waals surface area contributed by atoms with Gasteiger partial charge in [-0.2, -0.15) is 5.26 Å². The van der Waals surface area contributed by atoms with Crippen LogP contribution in [0.1, 0.15) is 35.7 Å². The molecule has 0 radical (unpaired) electrons. The van der Waals surface area contributed by atoms with Gasteiger partial charge in [-0.1, -0.05) is 37.1 Å². The number of esters is 1. The molecule has 0 unspecified atom stereocenters. The fraction of sp³-hybridized carbons (Fsp3) is 0.190. The van der Waals surface area contributed by atoms with Gasteiger partial charge in [0.2, 0.25) is 0 Å². The third-order valence-electron chi connectivity index (χ3n) is 3.66. The molecule has 0 fully saturated rings. The summed E-state index contributed by atoms with van der Waals surface area (Å²) in [5.41, 5.74) is 1.53. The Morgan fingerprint density at radius 2 is 1.81 bits per heavy atom. The molecule has 0 saturated heterocycles. The maximum absolute atomic E-state index is 12.3. The zero-order valence-corrected chi connectivity index (χ0v) is 15.6. The molecule has 1 amide bonds. The highest BCUT2D eigenvalue weighted by molar-refractivity contribution is 6.30. The molecule has 0 atom stereocenters. The molecule has 27 heavy (non-hydrogen) atoms. The predicted molar refractivity (Wildman–Crippen MR) is 105 cm³/mol. The average molecular weight is 383 g/mol. The van der Waals surface area contributed by atoms with Crippen molar-refractivity contribution in [3.05, 3.63) is 70.3 Å². The van der Waals surface area contributed by atoms with E-state index in [1.165, 1.54) is 6.08 Å². The van der Waals surface area contributed by atoms with Crippen molar-refractivity contribution in [3.63, 3.8) is 0 Å². The number of carbonyl (C=O) groups is 2. The number of ether oxygens (including phenoxy) is 1. The van der Waals surface area contributed by atoms with Gasteiger partial charge in [0.05, 0.1) is 12.2 Å². The Hall–Kier alpha value is -3.10. The molecule has 2 aromatic carbocycles. The lowest BCUT2D eigenvalue weighted by Crippen LogP contribution is -2.13. The number of benzene rings is 2. The normalized spacial score (nSPS) is 10.8. The van der Waals surface area contributed by atoms with Crippen molar-refractivity contribution >= 4 is 35.2 Å². The summed E-state index contributed by atoms with van der Waals surface area (Å²) in [5, 5.41) is 12.5. The Morgan fingerprint density at radius 3 is 2.41 bits per heavy atom. The third kappa shape index (κ3) is 6.28. The van der Waals surface area contributed by atoms with Gasteiger partial charge in [0.1, 0.15) is 11.6 Å². The van der Waals surface area contributed by atoms with E-state index in [4.69, 9.17) is 16.3 Å². The minimum atomic E-state index is -0.536. The highest BCUT2D eigenvalue weighted by Crippen LogP contribution is 2.15. The van der Waals surface area contributed by atoms with E-state index in [9.17, 15) is 14.9 Å². The smallest absolute Gasteiger partial charge is 0.338 e. The Balaban J connectivity index is 2.02. The highest BCUT2D eigenvalue weighted by atomic mass is 35.5. The van der Waals surface area contributed by atoms with Gasteiger partial charge >= 0.3 is 5.97 Å². The number of halogens is 1. The monoisotopic (exact) mass is 382 g/mol. The highest BCUT2D eigenvalue weighted by Gasteiger charge is 2.11. The van der Waals surface area contributed by atoms with Crippen LogP contribution in [0.5, 0.6) is 0 Å². The second-order valence-corrected chi connectivity index (χ2v) is 6.18.